The maximum absolute atomic E-state index is 6.07. The summed E-state index contributed by atoms with van der Waals surface area (Å²) in [4.78, 5) is 4.76. The Hall–Kier alpha value is -2.50. The van der Waals surface area contributed by atoms with Gasteiger partial charge in [-0.05, 0) is 69.6 Å². The van der Waals surface area contributed by atoms with Crippen LogP contribution in [0, 0.1) is 19.8 Å². The van der Waals surface area contributed by atoms with Crippen LogP contribution >= 0.6 is 0 Å². The summed E-state index contributed by atoms with van der Waals surface area (Å²) in [5, 5.41) is 13.8. The number of aromatic amines is 1. The van der Waals surface area contributed by atoms with Crippen molar-refractivity contribution in [3.05, 3.63) is 46.8 Å². The molecule has 0 bridgehead atoms. The molecule has 1 saturated carbocycles. The van der Waals surface area contributed by atoms with Crippen LogP contribution < -0.4 is 15.4 Å². The predicted molar refractivity (Wildman–Crippen MR) is 114 cm³/mol. The van der Waals surface area contributed by atoms with Crippen LogP contribution in [0.1, 0.15) is 48.6 Å². The smallest absolute Gasteiger partial charge is 0.191 e. The zero-order valence-corrected chi connectivity index (χ0v) is 17.3. The van der Waals surface area contributed by atoms with Gasteiger partial charge in [0, 0.05) is 24.3 Å². The van der Waals surface area contributed by atoms with Crippen molar-refractivity contribution in [2.24, 2.45) is 10.9 Å². The molecule has 28 heavy (non-hydrogen) atoms. The fourth-order valence-electron chi connectivity index (χ4n) is 3.04. The minimum atomic E-state index is 0.608. The minimum Gasteiger partial charge on any atom is -0.493 e. The van der Waals surface area contributed by atoms with Crippen LogP contribution in [0.3, 0.4) is 0 Å². The van der Waals surface area contributed by atoms with E-state index in [2.05, 4.69) is 59.8 Å². The SMILES string of the molecule is CCNC(=NCc1ccc(C)cc1OCC1CC1)NCCCc1cn[nH]c1C. The first-order valence-corrected chi connectivity index (χ1v) is 10.4. The van der Waals surface area contributed by atoms with Crippen molar-refractivity contribution in [3.63, 3.8) is 0 Å². The average molecular weight is 384 g/mol. The summed E-state index contributed by atoms with van der Waals surface area (Å²) in [7, 11) is 0. The zero-order chi connectivity index (χ0) is 19.8. The molecule has 1 heterocycles. The molecule has 6 nitrogen and oxygen atoms in total. The van der Waals surface area contributed by atoms with E-state index in [-0.39, 0.29) is 0 Å². The van der Waals surface area contributed by atoms with Crippen molar-refractivity contribution in [2.75, 3.05) is 19.7 Å². The molecular formula is C22H33N5O. The molecule has 3 rings (SSSR count). The van der Waals surface area contributed by atoms with E-state index in [4.69, 9.17) is 9.73 Å². The highest BCUT2D eigenvalue weighted by Crippen LogP contribution is 2.30. The summed E-state index contributed by atoms with van der Waals surface area (Å²) in [6.07, 6.45) is 6.55. The minimum absolute atomic E-state index is 0.608. The van der Waals surface area contributed by atoms with E-state index in [9.17, 15) is 0 Å². The number of aromatic nitrogens is 2. The van der Waals surface area contributed by atoms with Crippen LogP contribution in [0.2, 0.25) is 0 Å². The Morgan fingerprint density at radius 2 is 2.11 bits per heavy atom. The Bertz CT molecular complexity index is 779. The van der Waals surface area contributed by atoms with Gasteiger partial charge in [0.2, 0.25) is 0 Å². The molecule has 152 valence electrons. The summed E-state index contributed by atoms with van der Waals surface area (Å²) in [5.74, 6) is 2.57. The highest BCUT2D eigenvalue weighted by molar-refractivity contribution is 5.79. The van der Waals surface area contributed by atoms with Crippen molar-refractivity contribution in [1.82, 2.24) is 20.8 Å². The van der Waals surface area contributed by atoms with Gasteiger partial charge in [-0.1, -0.05) is 12.1 Å². The van der Waals surface area contributed by atoms with Gasteiger partial charge in [-0.15, -0.1) is 0 Å². The molecule has 6 heteroatoms. The molecule has 3 N–H and O–H groups in total. The van der Waals surface area contributed by atoms with Crippen LogP contribution in [0.15, 0.2) is 29.4 Å². The molecule has 0 aliphatic heterocycles. The second-order valence-electron chi connectivity index (χ2n) is 7.61. The number of H-pyrrole nitrogens is 1. The fraction of sp³-hybridized carbons (Fsp3) is 0.545. The number of benzene rings is 1. The van der Waals surface area contributed by atoms with E-state index in [0.717, 1.165) is 61.4 Å². The van der Waals surface area contributed by atoms with Gasteiger partial charge in [-0.25, -0.2) is 4.99 Å². The zero-order valence-electron chi connectivity index (χ0n) is 17.3. The first-order chi connectivity index (χ1) is 13.7. The number of aliphatic imine (C=N–C) groups is 1. The monoisotopic (exact) mass is 383 g/mol. The molecule has 1 aromatic heterocycles. The molecule has 0 unspecified atom stereocenters. The number of ether oxygens (including phenoxy) is 1. The van der Waals surface area contributed by atoms with Gasteiger partial charge < -0.3 is 15.4 Å². The maximum Gasteiger partial charge on any atom is 0.191 e. The average Bonchev–Trinajstić information content (AvgIpc) is 3.43. The Kier molecular flexibility index (Phi) is 7.34. The van der Waals surface area contributed by atoms with Crippen LogP contribution in [0.4, 0.5) is 0 Å². The highest BCUT2D eigenvalue weighted by Gasteiger charge is 2.22. The van der Waals surface area contributed by atoms with Gasteiger partial charge in [0.25, 0.3) is 0 Å². The Morgan fingerprint density at radius 1 is 1.25 bits per heavy atom. The normalized spacial score (nSPS) is 14.2. The highest BCUT2D eigenvalue weighted by atomic mass is 16.5. The van der Waals surface area contributed by atoms with E-state index in [1.54, 1.807) is 0 Å². The van der Waals surface area contributed by atoms with Crippen LogP contribution in [-0.2, 0) is 13.0 Å². The number of aryl methyl sites for hydroxylation is 3. The predicted octanol–water partition coefficient (Wildman–Crippen LogP) is 3.50. The van der Waals surface area contributed by atoms with Crippen molar-refractivity contribution < 1.29 is 4.74 Å². The quantitative estimate of drug-likeness (QED) is 0.333. The lowest BCUT2D eigenvalue weighted by atomic mass is 10.1. The first-order valence-electron chi connectivity index (χ1n) is 10.4. The lowest BCUT2D eigenvalue weighted by Crippen LogP contribution is -2.37. The molecular weight excluding hydrogens is 350 g/mol. The van der Waals surface area contributed by atoms with Crippen molar-refractivity contribution >= 4 is 5.96 Å². The van der Waals surface area contributed by atoms with E-state index in [0.29, 0.717) is 6.54 Å². The third-order valence-corrected chi connectivity index (χ3v) is 5.00. The molecule has 2 aromatic rings. The Morgan fingerprint density at radius 3 is 2.82 bits per heavy atom. The standard InChI is InChI=1S/C22H33N5O/c1-4-23-22(24-11-5-6-19-14-26-27-17(19)3)25-13-20-10-7-16(2)12-21(20)28-15-18-8-9-18/h7,10,12,14,18H,4-6,8-9,11,13,15H2,1-3H3,(H,26,27)(H2,23,24,25). The van der Waals surface area contributed by atoms with Gasteiger partial charge in [0.05, 0.1) is 19.3 Å². The Labute approximate surface area is 168 Å². The molecule has 1 fully saturated rings. The summed E-state index contributed by atoms with van der Waals surface area (Å²) in [5.41, 5.74) is 4.79. The van der Waals surface area contributed by atoms with Crippen molar-refractivity contribution in [2.45, 2.75) is 53.0 Å². The van der Waals surface area contributed by atoms with Crippen molar-refractivity contribution in [1.29, 1.82) is 0 Å². The number of guanidine groups is 1. The summed E-state index contributed by atoms with van der Waals surface area (Å²) in [6.45, 7) is 9.39. The molecule has 1 aliphatic rings. The van der Waals surface area contributed by atoms with E-state index < -0.39 is 0 Å². The second kappa shape index (κ2) is 10.2. The number of hydrogen-bond donors (Lipinski definition) is 3. The molecule has 0 amide bonds. The van der Waals surface area contributed by atoms with E-state index in [1.807, 2.05) is 6.20 Å². The summed E-state index contributed by atoms with van der Waals surface area (Å²) < 4.78 is 6.07. The lowest BCUT2D eigenvalue weighted by Gasteiger charge is -2.13. The molecule has 0 radical (unpaired) electrons. The van der Waals surface area contributed by atoms with Gasteiger partial charge in [-0.2, -0.15) is 5.10 Å². The number of rotatable bonds is 10. The van der Waals surface area contributed by atoms with Crippen LogP contribution in [0.5, 0.6) is 5.75 Å². The van der Waals surface area contributed by atoms with Crippen LogP contribution in [-0.4, -0.2) is 35.9 Å². The number of hydrogen-bond acceptors (Lipinski definition) is 3. The second-order valence-corrected chi connectivity index (χ2v) is 7.61. The largest absolute Gasteiger partial charge is 0.493 e. The molecule has 0 saturated heterocycles. The third-order valence-electron chi connectivity index (χ3n) is 5.00. The maximum atomic E-state index is 6.07. The van der Waals surface area contributed by atoms with Crippen molar-refractivity contribution in [3.8, 4) is 5.75 Å². The van der Waals surface area contributed by atoms with Crippen LogP contribution in [0.25, 0.3) is 0 Å². The molecule has 1 aromatic carbocycles. The molecule has 0 atom stereocenters. The fourth-order valence-corrected chi connectivity index (χ4v) is 3.04. The van der Waals surface area contributed by atoms with Gasteiger partial charge in [-0.3, -0.25) is 5.10 Å². The summed E-state index contributed by atoms with van der Waals surface area (Å²) in [6, 6.07) is 6.38. The topological polar surface area (TPSA) is 74.3 Å². The molecule has 0 spiro atoms. The number of nitrogens with one attached hydrogen (secondary N) is 3. The number of nitrogens with zero attached hydrogens (tertiary/aromatic N) is 2. The third kappa shape index (κ3) is 6.29. The van der Waals surface area contributed by atoms with Gasteiger partial charge >= 0.3 is 0 Å². The summed E-state index contributed by atoms with van der Waals surface area (Å²) >= 11 is 0. The van der Waals surface area contributed by atoms with E-state index in [1.165, 1.54) is 24.0 Å². The Balaban J connectivity index is 1.53. The lowest BCUT2D eigenvalue weighted by molar-refractivity contribution is 0.296. The van der Waals surface area contributed by atoms with E-state index >= 15 is 0 Å². The first kappa shape index (κ1) is 20.2. The van der Waals surface area contributed by atoms with Gasteiger partial charge in [0.15, 0.2) is 5.96 Å². The molecule has 1 aliphatic carbocycles. The van der Waals surface area contributed by atoms with Gasteiger partial charge in [0.1, 0.15) is 5.75 Å².